The quantitative estimate of drug-likeness (QED) is 0.628. The van der Waals surface area contributed by atoms with Crippen LogP contribution in [0, 0.1) is 6.92 Å². The molecule has 162 valence electrons. The second kappa shape index (κ2) is 9.94. The van der Waals surface area contributed by atoms with E-state index in [0.29, 0.717) is 23.0 Å². The predicted octanol–water partition coefficient (Wildman–Crippen LogP) is 3.62. The van der Waals surface area contributed by atoms with E-state index in [9.17, 15) is 13.2 Å². The summed E-state index contributed by atoms with van der Waals surface area (Å²) in [6.45, 7) is 2.75. The highest BCUT2D eigenvalue weighted by Gasteiger charge is 2.31. The molecule has 2 aromatic rings. The van der Waals surface area contributed by atoms with E-state index in [1.54, 1.807) is 30.0 Å². The average Bonchev–Trinajstić information content (AvgIpc) is 2.88. The van der Waals surface area contributed by atoms with Gasteiger partial charge in [0.15, 0.2) is 6.10 Å². The molecule has 1 aliphatic rings. The minimum Gasteiger partial charge on any atom is -0.478 e. The van der Waals surface area contributed by atoms with Gasteiger partial charge in [-0.3, -0.25) is 9.10 Å². The summed E-state index contributed by atoms with van der Waals surface area (Å²) in [5, 5.41) is 3.30. The number of benzene rings is 2. The van der Waals surface area contributed by atoms with Crippen molar-refractivity contribution in [1.82, 2.24) is 5.32 Å². The molecule has 30 heavy (non-hydrogen) atoms. The van der Waals surface area contributed by atoms with Crippen LogP contribution in [-0.2, 0) is 20.6 Å². The maximum absolute atomic E-state index is 12.6. The fourth-order valence-corrected chi connectivity index (χ4v) is 5.23. The largest absolute Gasteiger partial charge is 0.478 e. The van der Waals surface area contributed by atoms with Crippen molar-refractivity contribution in [2.24, 2.45) is 0 Å². The van der Waals surface area contributed by atoms with Gasteiger partial charge in [-0.25, -0.2) is 8.42 Å². The number of ether oxygens (including phenoxy) is 1. The number of thioether (sulfide) groups is 1. The third-order valence-electron chi connectivity index (χ3n) is 4.81. The Labute approximate surface area is 187 Å². The lowest BCUT2D eigenvalue weighted by molar-refractivity contribution is -0.127. The highest BCUT2D eigenvalue weighted by atomic mass is 35.5. The van der Waals surface area contributed by atoms with E-state index < -0.39 is 16.1 Å². The van der Waals surface area contributed by atoms with Crippen LogP contribution in [0.15, 0.2) is 42.5 Å². The summed E-state index contributed by atoms with van der Waals surface area (Å²) in [6, 6.07) is 13.0. The number of carbonyl (C=O) groups is 1. The molecule has 0 saturated heterocycles. The van der Waals surface area contributed by atoms with Crippen molar-refractivity contribution < 1.29 is 17.9 Å². The molecular formula is C21H25ClN2O4S2. The van der Waals surface area contributed by atoms with Gasteiger partial charge in [0.05, 0.1) is 11.9 Å². The molecule has 0 bridgehead atoms. The first kappa shape index (κ1) is 22.8. The maximum Gasteiger partial charge on any atom is 0.261 e. The second-order valence-electron chi connectivity index (χ2n) is 7.11. The van der Waals surface area contributed by atoms with Crippen molar-refractivity contribution in [3.05, 3.63) is 58.6 Å². The van der Waals surface area contributed by atoms with Gasteiger partial charge in [-0.2, -0.15) is 11.8 Å². The van der Waals surface area contributed by atoms with Gasteiger partial charge in [-0.05, 0) is 36.2 Å². The number of rotatable bonds is 7. The van der Waals surface area contributed by atoms with Crippen molar-refractivity contribution in [3.8, 4) is 5.75 Å². The van der Waals surface area contributed by atoms with E-state index in [0.717, 1.165) is 17.8 Å². The zero-order valence-corrected chi connectivity index (χ0v) is 19.3. The summed E-state index contributed by atoms with van der Waals surface area (Å²) in [5.74, 6) is 1.74. The molecule has 0 aromatic heterocycles. The number of halogens is 1. The van der Waals surface area contributed by atoms with Crippen molar-refractivity contribution in [3.63, 3.8) is 0 Å². The van der Waals surface area contributed by atoms with Crippen LogP contribution in [0.1, 0.15) is 17.5 Å². The highest BCUT2D eigenvalue weighted by molar-refractivity contribution is 7.98. The highest BCUT2D eigenvalue weighted by Crippen LogP contribution is 2.36. The van der Waals surface area contributed by atoms with Crippen LogP contribution >= 0.6 is 23.4 Å². The molecular weight excluding hydrogens is 444 g/mol. The van der Waals surface area contributed by atoms with Crippen molar-refractivity contribution in [2.45, 2.75) is 25.2 Å². The minimum atomic E-state index is -3.52. The number of nitrogens with one attached hydrogen (secondary N) is 1. The van der Waals surface area contributed by atoms with Crippen LogP contribution in [0.2, 0.25) is 5.02 Å². The molecule has 0 aliphatic carbocycles. The zero-order chi connectivity index (χ0) is 21.7. The Bertz CT molecular complexity index is 1010. The zero-order valence-electron chi connectivity index (χ0n) is 16.9. The van der Waals surface area contributed by atoms with Crippen molar-refractivity contribution >= 4 is 45.0 Å². The molecule has 0 fully saturated rings. The number of sulfonamides is 1. The first-order valence-corrected chi connectivity index (χ1v) is 13.0. The number of hydrogen-bond acceptors (Lipinski definition) is 5. The number of fused-ring (bicyclic) bond motifs is 1. The fraction of sp³-hybridized carbons (Fsp3) is 0.381. The maximum atomic E-state index is 12.6. The molecule has 0 saturated carbocycles. The van der Waals surface area contributed by atoms with Gasteiger partial charge >= 0.3 is 0 Å². The summed E-state index contributed by atoms with van der Waals surface area (Å²) >= 11 is 7.79. The smallest absolute Gasteiger partial charge is 0.261 e. The summed E-state index contributed by atoms with van der Waals surface area (Å²) in [5.41, 5.74) is 2.90. The molecule has 1 unspecified atom stereocenters. The Morgan fingerprint density at radius 2 is 2.07 bits per heavy atom. The van der Waals surface area contributed by atoms with Crippen LogP contribution in [0.25, 0.3) is 0 Å². The van der Waals surface area contributed by atoms with E-state index >= 15 is 0 Å². The van der Waals surface area contributed by atoms with Crippen molar-refractivity contribution in [2.75, 3.05) is 29.4 Å². The molecule has 1 atom stereocenters. The topological polar surface area (TPSA) is 75.7 Å². The van der Waals surface area contributed by atoms with Gasteiger partial charge in [0, 0.05) is 36.0 Å². The molecule has 1 heterocycles. The molecule has 6 nitrogen and oxygen atoms in total. The van der Waals surface area contributed by atoms with E-state index in [1.807, 2.05) is 12.1 Å². The van der Waals surface area contributed by atoms with Crippen LogP contribution in [0.3, 0.4) is 0 Å². The van der Waals surface area contributed by atoms with Gasteiger partial charge in [-0.15, -0.1) is 0 Å². The number of nitrogens with zero attached hydrogens (tertiary/aromatic N) is 1. The Balaban J connectivity index is 1.56. The average molecular weight is 469 g/mol. The lowest BCUT2D eigenvalue weighted by Gasteiger charge is -2.21. The number of anilines is 1. The third-order valence-corrected chi connectivity index (χ3v) is 7.23. The standard InChI is InChI=1S/C21H25ClN2O4S2/c1-15-5-3-4-6-16(15)14-29-12-10-23-21(25)20-9-11-24(30(2,26)27)18-13-17(22)7-8-19(18)28-20/h3-8,13,20H,9-12,14H2,1-2H3,(H,23,25). The van der Waals surface area contributed by atoms with E-state index in [2.05, 4.69) is 24.4 Å². The Morgan fingerprint density at radius 3 is 2.80 bits per heavy atom. The number of amides is 1. The minimum absolute atomic E-state index is 0.145. The summed E-state index contributed by atoms with van der Waals surface area (Å²) in [6.07, 6.45) is 0.615. The molecule has 1 amide bonds. The monoisotopic (exact) mass is 468 g/mol. The van der Waals surface area contributed by atoms with Crippen LogP contribution in [0.4, 0.5) is 5.69 Å². The Hall–Kier alpha value is -1.90. The SMILES string of the molecule is Cc1ccccc1CSCCNC(=O)C1CCN(S(C)(=O)=O)c2cc(Cl)ccc2O1. The van der Waals surface area contributed by atoms with Crippen LogP contribution in [0.5, 0.6) is 5.75 Å². The second-order valence-corrected chi connectivity index (χ2v) is 10.6. The molecule has 1 N–H and O–H groups in total. The lowest BCUT2D eigenvalue weighted by Crippen LogP contribution is -2.40. The van der Waals surface area contributed by atoms with Crippen LogP contribution < -0.4 is 14.4 Å². The molecule has 1 aliphatic heterocycles. The van der Waals surface area contributed by atoms with E-state index in [4.69, 9.17) is 16.3 Å². The van der Waals surface area contributed by atoms with Gasteiger partial charge in [-0.1, -0.05) is 35.9 Å². The number of carbonyl (C=O) groups excluding carboxylic acids is 1. The summed E-state index contributed by atoms with van der Waals surface area (Å²) < 4.78 is 31.5. The molecule has 3 rings (SSSR count). The van der Waals surface area contributed by atoms with E-state index in [-0.39, 0.29) is 18.9 Å². The first-order chi connectivity index (χ1) is 14.3. The Morgan fingerprint density at radius 1 is 1.30 bits per heavy atom. The molecule has 9 heteroatoms. The van der Waals surface area contributed by atoms with Gasteiger partial charge in [0.25, 0.3) is 5.91 Å². The molecule has 2 aromatic carbocycles. The molecule has 0 spiro atoms. The lowest BCUT2D eigenvalue weighted by atomic mass is 10.1. The van der Waals surface area contributed by atoms with Gasteiger partial charge in [0.1, 0.15) is 5.75 Å². The van der Waals surface area contributed by atoms with Gasteiger partial charge < -0.3 is 10.1 Å². The Kier molecular flexibility index (Phi) is 7.55. The number of hydrogen-bond donors (Lipinski definition) is 1. The fourth-order valence-electron chi connectivity index (χ4n) is 3.20. The predicted molar refractivity (Wildman–Crippen MR) is 123 cm³/mol. The van der Waals surface area contributed by atoms with Crippen molar-refractivity contribution in [1.29, 1.82) is 0 Å². The van der Waals surface area contributed by atoms with Gasteiger partial charge in [0.2, 0.25) is 10.0 Å². The number of aryl methyl sites for hydroxylation is 1. The molecule has 0 radical (unpaired) electrons. The van der Waals surface area contributed by atoms with Crippen LogP contribution in [-0.4, -0.2) is 45.5 Å². The summed E-state index contributed by atoms with van der Waals surface area (Å²) in [4.78, 5) is 12.6. The third kappa shape index (κ3) is 5.83. The first-order valence-electron chi connectivity index (χ1n) is 9.59. The normalized spacial score (nSPS) is 16.4. The van der Waals surface area contributed by atoms with E-state index in [1.165, 1.54) is 15.4 Å². The summed E-state index contributed by atoms with van der Waals surface area (Å²) in [7, 11) is -3.52.